The van der Waals surface area contributed by atoms with Gasteiger partial charge in [0.15, 0.2) is 0 Å². The van der Waals surface area contributed by atoms with E-state index in [9.17, 15) is 10.2 Å². The molecule has 0 amide bonds. The van der Waals surface area contributed by atoms with Crippen molar-refractivity contribution in [3.05, 3.63) is 108 Å². The van der Waals surface area contributed by atoms with Crippen molar-refractivity contribution < 1.29 is 19.7 Å². The van der Waals surface area contributed by atoms with E-state index in [1.165, 1.54) is 0 Å². The molecule has 2 unspecified atom stereocenters. The molecule has 4 aromatic heterocycles. The molecule has 14 heteroatoms. The second-order valence-corrected chi connectivity index (χ2v) is 16.4. The quantitative estimate of drug-likeness (QED) is 0.0848. The predicted octanol–water partition coefficient (Wildman–Crippen LogP) is 7.83. The summed E-state index contributed by atoms with van der Waals surface area (Å²) in [6.07, 6.45) is 9.80. The highest BCUT2D eigenvalue weighted by molar-refractivity contribution is 5.63. The van der Waals surface area contributed by atoms with Crippen LogP contribution in [0, 0.1) is 13.8 Å². The minimum Gasteiger partial charge on any atom is -0.494 e. The van der Waals surface area contributed by atoms with E-state index in [1.807, 2.05) is 83.9 Å². The number of methoxy groups -OCH3 is 2. The van der Waals surface area contributed by atoms with Crippen LogP contribution in [0.15, 0.2) is 73.6 Å². The Balaban J connectivity index is 1.12. The largest absolute Gasteiger partial charge is 0.494 e. The van der Waals surface area contributed by atoms with Gasteiger partial charge in [0.05, 0.1) is 66.7 Å². The number of ether oxygens (including phenoxy) is 2. The van der Waals surface area contributed by atoms with Gasteiger partial charge in [0.1, 0.15) is 22.7 Å². The Hall–Kier alpha value is -5.86. The molecule has 0 saturated heterocycles. The van der Waals surface area contributed by atoms with Crippen molar-refractivity contribution in [3.8, 4) is 22.9 Å². The first-order valence-corrected chi connectivity index (χ1v) is 19.2. The van der Waals surface area contributed by atoms with Crippen LogP contribution in [0.4, 0.5) is 23.3 Å². The Kier molecular flexibility index (Phi) is 10.5. The average molecular weight is 773 g/mol. The zero-order valence-corrected chi connectivity index (χ0v) is 34.1. The SMILES string of the molecule is COc1cc(Nc2nc(C3CC3)cc(C(C)(O)CCC(C)(O)c3cc(C(C)(C)C)nc(Nc4ccc(-n5cnc(C)c5)c(OC)c4)n3)n2)ccc1-n1cnc(C)c1. The van der Waals surface area contributed by atoms with Crippen molar-refractivity contribution in [2.75, 3.05) is 24.9 Å². The topological polar surface area (TPSA) is 170 Å². The van der Waals surface area contributed by atoms with Gasteiger partial charge in [0.25, 0.3) is 0 Å². The smallest absolute Gasteiger partial charge is 0.227 e. The highest BCUT2D eigenvalue weighted by Crippen LogP contribution is 2.42. The summed E-state index contributed by atoms with van der Waals surface area (Å²) < 4.78 is 15.3. The number of anilines is 4. The van der Waals surface area contributed by atoms with Crippen LogP contribution in [-0.4, -0.2) is 63.5 Å². The Morgan fingerprint density at radius 1 is 0.649 bits per heavy atom. The van der Waals surface area contributed by atoms with Crippen molar-refractivity contribution in [1.82, 2.24) is 39.0 Å². The second kappa shape index (κ2) is 15.2. The number of nitrogens with zero attached hydrogens (tertiary/aromatic N) is 8. The molecule has 0 aliphatic heterocycles. The summed E-state index contributed by atoms with van der Waals surface area (Å²) in [5, 5.41) is 30.8. The summed E-state index contributed by atoms with van der Waals surface area (Å²) >= 11 is 0. The van der Waals surface area contributed by atoms with Gasteiger partial charge in [-0.3, -0.25) is 0 Å². The van der Waals surface area contributed by atoms with Gasteiger partial charge >= 0.3 is 0 Å². The number of nitrogens with one attached hydrogen (secondary N) is 2. The molecule has 1 fully saturated rings. The van der Waals surface area contributed by atoms with E-state index in [1.54, 1.807) is 40.7 Å². The number of aromatic nitrogens is 8. The van der Waals surface area contributed by atoms with Gasteiger partial charge in [-0.15, -0.1) is 0 Å². The third-order valence-electron chi connectivity index (χ3n) is 10.3. The molecule has 298 valence electrons. The van der Waals surface area contributed by atoms with Crippen molar-refractivity contribution >= 4 is 23.3 Å². The first-order valence-electron chi connectivity index (χ1n) is 19.2. The lowest BCUT2D eigenvalue weighted by atomic mass is 9.85. The lowest BCUT2D eigenvalue weighted by Gasteiger charge is -2.30. The van der Waals surface area contributed by atoms with Crippen LogP contribution >= 0.6 is 0 Å². The fraction of sp³-hybridized carbons (Fsp3) is 0.395. The fourth-order valence-corrected chi connectivity index (χ4v) is 6.59. The van der Waals surface area contributed by atoms with Gasteiger partial charge in [0, 0.05) is 52.9 Å². The summed E-state index contributed by atoms with van der Waals surface area (Å²) in [7, 11) is 3.25. The minimum absolute atomic E-state index is 0.185. The molecule has 2 aromatic carbocycles. The van der Waals surface area contributed by atoms with Gasteiger partial charge in [-0.25, -0.2) is 29.9 Å². The fourth-order valence-electron chi connectivity index (χ4n) is 6.59. The molecule has 1 aliphatic carbocycles. The monoisotopic (exact) mass is 772 g/mol. The molecule has 7 rings (SSSR count). The van der Waals surface area contributed by atoms with E-state index >= 15 is 0 Å². The molecule has 1 aliphatic rings. The van der Waals surface area contributed by atoms with Crippen LogP contribution in [0.25, 0.3) is 11.4 Å². The first-order chi connectivity index (χ1) is 27.0. The maximum Gasteiger partial charge on any atom is 0.227 e. The summed E-state index contributed by atoms with van der Waals surface area (Å²) in [5.74, 6) is 2.32. The molecule has 14 nitrogen and oxygen atoms in total. The Bertz CT molecular complexity index is 2390. The number of aliphatic hydroxyl groups is 2. The normalized spacial score (nSPS) is 15.1. The van der Waals surface area contributed by atoms with Gasteiger partial charge in [-0.1, -0.05) is 20.8 Å². The molecule has 57 heavy (non-hydrogen) atoms. The molecule has 0 radical (unpaired) electrons. The molecule has 4 heterocycles. The van der Waals surface area contributed by atoms with Crippen molar-refractivity contribution in [3.63, 3.8) is 0 Å². The average Bonchev–Trinajstić information content (AvgIpc) is 3.80. The highest BCUT2D eigenvalue weighted by atomic mass is 16.5. The Labute approximate surface area is 333 Å². The summed E-state index contributed by atoms with van der Waals surface area (Å²) in [5.41, 5.74) is 4.31. The van der Waals surface area contributed by atoms with Crippen molar-refractivity contribution in [2.45, 2.75) is 96.7 Å². The summed E-state index contributed by atoms with van der Waals surface area (Å²) in [6, 6.07) is 15.2. The standard InChI is InChI=1S/C43H52N10O4/c1-26-22-52(24-44-26)32-14-12-29(18-34(32)56-8)46-39-48-31(28-10-11-28)20-37(50-39)42(6,54)16-17-43(7,55)38-21-36(41(3,4)5)49-40(51-38)47-30-13-15-33(35(19-30)57-9)53-23-27(2)45-25-53/h12-15,18-25,28,54-55H,10-11,16-17H2,1-9H3,(H,46,48,50)(H,47,49,51). The molecule has 0 spiro atoms. The van der Waals surface area contributed by atoms with Crippen molar-refractivity contribution in [1.29, 1.82) is 0 Å². The number of hydrogen-bond acceptors (Lipinski definition) is 12. The van der Waals surface area contributed by atoms with E-state index < -0.39 is 11.2 Å². The maximum atomic E-state index is 12.1. The van der Waals surface area contributed by atoms with Gasteiger partial charge in [-0.2, -0.15) is 0 Å². The summed E-state index contributed by atoms with van der Waals surface area (Å²) in [4.78, 5) is 28.0. The third-order valence-corrected chi connectivity index (χ3v) is 10.3. The van der Waals surface area contributed by atoms with Crippen LogP contribution in [0.2, 0.25) is 0 Å². The highest BCUT2D eigenvalue weighted by Gasteiger charge is 2.35. The number of benzene rings is 2. The van der Waals surface area contributed by atoms with E-state index in [0.717, 1.165) is 52.7 Å². The van der Waals surface area contributed by atoms with Crippen molar-refractivity contribution in [2.24, 2.45) is 0 Å². The number of aryl methyl sites for hydroxylation is 2. The van der Waals surface area contributed by atoms with E-state index in [2.05, 4.69) is 41.4 Å². The molecular formula is C43H52N10O4. The zero-order valence-electron chi connectivity index (χ0n) is 34.1. The van der Waals surface area contributed by atoms with Gasteiger partial charge in [-0.05, 0) is 89.8 Å². The molecule has 6 aromatic rings. The lowest BCUT2D eigenvalue weighted by molar-refractivity contribution is -0.0120. The second-order valence-electron chi connectivity index (χ2n) is 16.4. The van der Waals surface area contributed by atoms with E-state index in [-0.39, 0.29) is 18.3 Å². The van der Waals surface area contributed by atoms with Crippen LogP contribution in [-0.2, 0) is 16.6 Å². The molecule has 1 saturated carbocycles. The molecule has 0 bridgehead atoms. The van der Waals surface area contributed by atoms with Crippen LogP contribution in [0.1, 0.15) is 100 Å². The van der Waals surface area contributed by atoms with E-state index in [4.69, 9.17) is 29.4 Å². The predicted molar refractivity (Wildman–Crippen MR) is 219 cm³/mol. The number of rotatable bonds is 14. The molecular weight excluding hydrogens is 721 g/mol. The summed E-state index contributed by atoms with van der Waals surface area (Å²) in [6.45, 7) is 13.5. The minimum atomic E-state index is -1.43. The van der Waals surface area contributed by atoms with Gasteiger partial charge in [0.2, 0.25) is 11.9 Å². The molecule has 2 atom stereocenters. The molecule has 4 N–H and O–H groups in total. The Morgan fingerprint density at radius 2 is 1.11 bits per heavy atom. The number of hydrogen-bond donors (Lipinski definition) is 4. The first kappa shape index (κ1) is 39.4. The third kappa shape index (κ3) is 8.92. The van der Waals surface area contributed by atoms with Crippen LogP contribution < -0.4 is 20.1 Å². The maximum absolute atomic E-state index is 12.1. The van der Waals surface area contributed by atoms with Gasteiger partial charge < -0.3 is 39.5 Å². The van der Waals surface area contributed by atoms with Crippen LogP contribution in [0.5, 0.6) is 11.5 Å². The Morgan fingerprint density at radius 3 is 1.53 bits per heavy atom. The zero-order chi connectivity index (χ0) is 40.7. The number of imidazole rings is 2. The van der Waals surface area contributed by atoms with Crippen LogP contribution in [0.3, 0.4) is 0 Å². The lowest BCUT2D eigenvalue weighted by Crippen LogP contribution is -2.31. The van der Waals surface area contributed by atoms with E-state index in [0.29, 0.717) is 46.4 Å².